The predicted molar refractivity (Wildman–Crippen MR) is 69.0 cm³/mol. The monoisotopic (exact) mass is 289 g/mol. The molecule has 84 valence electrons. The molecule has 1 heterocycles. The SMILES string of the molecule is CCN(CCCBr)C(=O)c1cscc1C. The fraction of sp³-hybridized carbons (Fsp3) is 0.545. The Hall–Kier alpha value is -0.350. The Morgan fingerprint density at radius 2 is 2.27 bits per heavy atom. The van der Waals surface area contributed by atoms with Crippen LogP contribution in [-0.2, 0) is 0 Å². The topological polar surface area (TPSA) is 20.3 Å². The highest BCUT2D eigenvalue weighted by Crippen LogP contribution is 2.16. The Morgan fingerprint density at radius 3 is 2.73 bits per heavy atom. The molecule has 0 aliphatic heterocycles. The molecule has 1 aromatic rings. The predicted octanol–water partition coefficient (Wildman–Crippen LogP) is 3.30. The minimum absolute atomic E-state index is 0.164. The molecule has 1 rings (SSSR count). The average Bonchev–Trinajstić information content (AvgIpc) is 2.65. The third-order valence-electron chi connectivity index (χ3n) is 2.32. The van der Waals surface area contributed by atoms with Gasteiger partial charge in [-0.2, -0.15) is 11.3 Å². The van der Waals surface area contributed by atoms with Crippen LogP contribution in [0, 0.1) is 6.92 Å². The van der Waals surface area contributed by atoms with Gasteiger partial charge in [0.1, 0.15) is 0 Å². The van der Waals surface area contributed by atoms with Gasteiger partial charge in [0.2, 0.25) is 0 Å². The molecule has 0 fully saturated rings. The summed E-state index contributed by atoms with van der Waals surface area (Å²) in [5.74, 6) is 0.164. The van der Waals surface area contributed by atoms with Gasteiger partial charge in [0.05, 0.1) is 5.56 Å². The van der Waals surface area contributed by atoms with Crippen LogP contribution in [0.5, 0.6) is 0 Å². The summed E-state index contributed by atoms with van der Waals surface area (Å²) in [7, 11) is 0. The van der Waals surface area contributed by atoms with Crippen LogP contribution in [0.1, 0.15) is 29.3 Å². The van der Waals surface area contributed by atoms with E-state index in [1.165, 1.54) is 0 Å². The van der Waals surface area contributed by atoms with Gasteiger partial charge in [-0.3, -0.25) is 4.79 Å². The fourth-order valence-corrected chi connectivity index (χ4v) is 2.48. The van der Waals surface area contributed by atoms with Gasteiger partial charge in [-0.1, -0.05) is 15.9 Å². The van der Waals surface area contributed by atoms with E-state index in [1.54, 1.807) is 11.3 Å². The Kier molecular flexibility index (Phi) is 5.32. The summed E-state index contributed by atoms with van der Waals surface area (Å²) in [6.45, 7) is 5.62. The molecule has 0 radical (unpaired) electrons. The van der Waals surface area contributed by atoms with Gasteiger partial charge in [-0.05, 0) is 31.2 Å². The van der Waals surface area contributed by atoms with Crippen molar-refractivity contribution in [2.24, 2.45) is 0 Å². The minimum Gasteiger partial charge on any atom is -0.339 e. The Morgan fingerprint density at radius 1 is 1.53 bits per heavy atom. The van der Waals surface area contributed by atoms with E-state index < -0.39 is 0 Å². The number of hydrogen-bond acceptors (Lipinski definition) is 2. The molecule has 0 aliphatic carbocycles. The van der Waals surface area contributed by atoms with Crippen molar-refractivity contribution in [3.63, 3.8) is 0 Å². The van der Waals surface area contributed by atoms with E-state index in [9.17, 15) is 4.79 Å². The molecule has 0 N–H and O–H groups in total. The lowest BCUT2D eigenvalue weighted by Crippen LogP contribution is -2.32. The van der Waals surface area contributed by atoms with E-state index in [1.807, 2.05) is 29.5 Å². The van der Waals surface area contributed by atoms with E-state index in [-0.39, 0.29) is 5.91 Å². The number of carbonyl (C=O) groups is 1. The summed E-state index contributed by atoms with van der Waals surface area (Å²) in [4.78, 5) is 14.0. The van der Waals surface area contributed by atoms with Crippen LogP contribution in [0.25, 0.3) is 0 Å². The molecule has 0 bridgehead atoms. The van der Waals surface area contributed by atoms with Gasteiger partial charge in [0.25, 0.3) is 5.91 Å². The van der Waals surface area contributed by atoms with Crippen LogP contribution in [0.3, 0.4) is 0 Å². The molecule has 1 amide bonds. The molecular weight excluding hydrogens is 274 g/mol. The Bertz CT molecular complexity index is 324. The highest BCUT2D eigenvalue weighted by atomic mass is 79.9. The quantitative estimate of drug-likeness (QED) is 0.762. The van der Waals surface area contributed by atoms with E-state index in [0.717, 1.165) is 36.0 Å². The summed E-state index contributed by atoms with van der Waals surface area (Å²) in [6.07, 6.45) is 1.00. The number of amides is 1. The lowest BCUT2D eigenvalue weighted by atomic mass is 10.2. The van der Waals surface area contributed by atoms with Gasteiger partial charge in [-0.25, -0.2) is 0 Å². The largest absolute Gasteiger partial charge is 0.339 e. The van der Waals surface area contributed by atoms with E-state index in [0.29, 0.717) is 0 Å². The van der Waals surface area contributed by atoms with Crippen LogP contribution in [0.15, 0.2) is 10.8 Å². The van der Waals surface area contributed by atoms with Crippen molar-refractivity contribution in [3.05, 3.63) is 21.9 Å². The lowest BCUT2D eigenvalue weighted by Gasteiger charge is -2.20. The molecule has 2 nitrogen and oxygen atoms in total. The molecule has 0 spiro atoms. The number of alkyl halides is 1. The summed E-state index contributed by atoms with van der Waals surface area (Å²) in [6, 6.07) is 0. The van der Waals surface area contributed by atoms with Gasteiger partial charge < -0.3 is 4.90 Å². The average molecular weight is 290 g/mol. The summed E-state index contributed by atoms with van der Waals surface area (Å²) >= 11 is 4.97. The first-order valence-electron chi connectivity index (χ1n) is 5.08. The number of carbonyl (C=O) groups excluding carboxylic acids is 1. The number of halogens is 1. The maximum atomic E-state index is 12.1. The summed E-state index contributed by atoms with van der Waals surface area (Å²) < 4.78 is 0. The number of nitrogens with zero attached hydrogens (tertiary/aromatic N) is 1. The molecule has 1 aromatic heterocycles. The minimum atomic E-state index is 0.164. The van der Waals surface area contributed by atoms with Crippen molar-refractivity contribution in [1.82, 2.24) is 4.90 Å². The van der Waals surface area contributed by atoms with Crippen molar-refractivity contribution in [2.75, 3.05) is 18.4 Å². The molecule has 0 saturated carbocycles. The van der Waals surface area contributed by atoms with Crippen LogP contribution >= 0.6 is 27.3 Å². The fourth-order valence-electron chi connectivity index (χ4n) is 1.40. The third-order valence-corrected chi connectivity index (χ3v) is 3.74. The second kappa shape index (κ2) is 6.28. The van der Waals surface area contributed by atoms with Crippen LogP contribution in [-0.4, -0.2) is 29.2 Å². The van der Waals surface area contributed by atoms with E-state index in [2.05, 4.69) is 15.9 Å². The zero-order valence-electron chi connectivity index (χ0n) is 9.12. The third kappa shape index (κ3) is 3.31. The van der Waals surface area contributed by atoms with Crippen molar-refractivity contribution in [2.45, 2.75) is 20.3 Å². The van der Waals surface area contributed by atoms with Crippen molar-refractivity contribution in [1.29, 1.82) is 0 Å². The normalized spacial score (nSPS) is 10.3. The zero-order valence-corrected chi connectivity index (χ0v) is 11.5. The van der Waals surface area contributed by atoms with Crippen LogP contribution in [0.4, 0.5) is 0 Å². The van der Waals surface area contributed by atoms with E-state index in [4.69, 9.17) is 0 Å². The molecule has 0 atom stereocenters. The number of thiophene rings is 1. The Balaban J connectivity index is 2.69. The van der Waals surface area contributed by atoms with Crippen LogP contribution < -0.4 is 0 Å². The lowest BCUT2D eigenvalue weighted by molar-refractivity contribution is 0.0765. The van der Waals surface area contributed by atoms with Gasteiger partial charge in [0, 0.05) is 23.8 Å². The molecular formula is C11H16BrNOS. The highest BCUT2D eigenvalue weighted by Gasteiger charge is 2.15. The second-order valence-corrected chi connectivity index (χ2v) is 4.93. The van der Waals surface area contributed by atoms with Gasteiger partial charge in [-0.15, -0.1) is 0 Å². The number of rotatable bonds is 5. The maximum absolute atomic E-state index is 12.1. The van der Waals surface area contributed by atoms with Crippen molar-refractivity contribution < 1.29 is 4.79 Å². The smallest absolute Gasteiger partial charge is 0.254 e. The van der Waals surface area contributed by atoms with Crippen molar-refractivity contribution in [3.8, 4) is 0 Å². The molecule has 0 saturated heterocycles. The van der Waals surface area contributed by atoms with Crippen LogP contribution in [0.2, 0.25) is 0 Å². The van der Waals surface area contributed by atoms with E-state index >= 15 is 0 Å². The molecule has 15 heavy (non-hydrogen) atoms. The van der Waals surface area contributed by atoms with Crippen molar-refractivity contribution >= 4 is 33.2 Å². The van der Waals surface area contributed by atoms with Gasteiger partial charge >= 0.3 is 0 Å². The summed E-state index contributed by atoms with van der Waals surface area (Å²) in [5.41, 5.74) is 1.94. The van der Waals surface area contributed by atoms with Gasteiger partial charge in [0.15, 0.2) is 0 Å². The maximum Gasteiger partial charge on any atom is 0.254 e. The highest BCUT2D eigenvalue weighted by molar-refractivity contribution is 9.09. The molecule has 0 unspecified atom stereocenters. The Labute approximate surface area is 103 Å². The molecule has 4 heteroatoms. The zero-order chi connectivity index (χ0) is 11.3. The first-order valence-corrected chi connectivity index (χ1v) is 7.15. The second-order valence-electron chi connectivity index (χ2n) is 3.40. The number of aryl methyl sites for hydroxylation is 1. The summed E-state index contributed by atoms with van der Waals surface area (Å²) in [5, 5.41) is 4.90. The molecule has 0 aliphatic rings. The first kappa shape index (κ1) is 12.7. The first-order chi connectivity index (χ1) is 7.20. The number of hydrogen-bond donors (Lipinski definition) is 0. The molecule has 0 aromatic carbocycles. The standard InChI is InChI=1S/C11H16BrNOS/c1-3-13(6-4-5-12)11(14)10-8-15-7-9(10)2/h7-8H,3-6H2,1-2H3.